The molecule has 14 heavy (non-hydrogen) atoms. The predicted octanol–water partition coefficient (Wildman–Crippen LogP) is -0.212. The minimum absolute atomic E-state index is 0. The van der Waals surface area contributed by atoms with Gasteiger partial charge < -0.3 is 20.4 Å². The van der Waals surface area contributed by atoms with Gasteiger partial charge in [0.2, 0.25) is 0 Å². The molecule has 88 valence electrons. The number of nitrogens with zero attached hydrogens (tertiary/aromatic N) is 2. The predicted molar refractivity (Wildman–Crippen MR) is 60.7 cm³/mol. The van der Waals surface area contributed by atoms with Crippen LogP contribution in [0.25, 0.3) is 0 Å². The molecule has 5 heteroatoms. The van der Waals surface area contributed by atoms with E-state index in [9.17, 15) is 4.79 Å². The molecule has 0 aliphatic rings. The van der Waals surface area contributed by atoms with Crippen LogP contribution in [-0.4, -0.2) is 68.6 Å². The number of rotatable bonds is 1. The molecule has 0 amide bonds. The van der Waals surface area contributed by atoms with Gasteiger partial charge in [0.15, 0.2) is 0 Å². The first kappa shape index (κ1) is 23.2. The average Bonchev–Trinajstić information content (AvgIpc) is 1.84. The molecular formula is C9H24N2O3. The Balaban J connectivity index is -0.0000000522. The minimum Gasteiger partial charge on any atom is -0.478 e. The van der Waals surface area contributed by atoms with Crippen LogP contribution in [0, 0.1) is 0 Å². The number of hydrogen-bond donors (Lipinski definition) is 1. The third-order valence-corrected chi connectivity index (χ3v) is 0.175. The third kappa shape index (κ3) is 950. The van der Waals surface area contributed by atoms with Crippen LogP contribution in [0.3, 0.4) is 0 Å². The van der Waals surface area contributed by atoms with Gasteiger partial charge in [0.25, 0.3) is 0 Å². The van der Waals surface area contributed by atoms with Gasteiger partial charge in [-0.2, -0.15) is 0 Å². The largest absolute Gasteiger partial charge is 0.478 e. The Hall–Kier alpha value is -0.910. The molecule has 0 aliphatic carbocycles. The second-order valence-corrected chi connectivity index (χ2v) is 3.23. The molecule has 0 spiro atoms. The molecule has 0 aromatic heterocycles. The lowest BCUT2D eigenvalue weighted by Crippen LogP contribution is -1.99. The summed E-state index contributed by atoms with van der Waals surface area (Å²) in [5, 5.41) is 7.60. The summed E-state index contributed by atoms with van der Waals surface area (Å²) in [5.74, 6) is -0.981. The first-order valence-corrected chi connectivity index (χ1v) is 3.81. The lowest BCUT2D eigenvalue weighted by atomic mass is 10.7. The Labute approximate surface area is 86.9 Å². The van der Waals surface area contributed by atoms with Gasteiger partial charge in [-0.3, -0.25) is 0 Å². The minimum atomic E-state index is -0.981. The van der Waals surface area contributed by atoms with Crippen molar-refractivity contribution in [2.24, 2.45) is 0 Å². The van der Waals surface area contributed by atoms with Gasteiger partial charge in [-0.15, -0.1) is 0 Å². The molecule has 0 atom stereocenters. The van der Waals surface area contributed by atoms with E-state index in [2.05, 4.69) is 6.58 Å². The van der Waals surface area contributed by atoms with Crippen LogP contribution in [0.2, 0.25) is 0 Å². The van der Waals surface area contributed by atoms with Gasteiger partial charge in [0.05, 0.1) is 0 Å². The summed E-state index contributed by atoms with van der Waals surface area (Å²) in [6.07, 6.45) is 0.833. The topological polar surface area (TPSA) is 75.3 Å². The highest BCUT2D eigenvalue weighted by molar-refractivity contribution is 5.78. The van der Waals surface area contributed by atoms with Crippen LogP contribution in [0.5, 0.6) is 0 Å². The highest BCUT2D eigenvalue weighted by Gasteiger charge is 1.73. The average molecular weight is 208 g/mol. The summed E-state index contributed by atoms with van der Waals surface area (Å²) in [5.41, 5.74) is 0. The van der Waals surface area contributed by atoms with Crippen LogP contribution in [0.15, 0.2) is 12.7 Å². The molecule has 0 radical (unpaired) electrons. The Bertz CT molecular complexity index is 114. The summed E-state index contributed by atoms with van der Waals surface area (Å²) in [4.78, 5) is 13.2. The van der Waals surface area contributed by atoms with E-state index < -0.39 is 5.97 Å². The molecule has 0 rings (SSSR count). The van der Waals surface area contributed by atoms with Crippen molar-refractivity contribution in [2.45, 2.75) is 0 Å². The van der Waals surface area contributed by atoms with Crippen molar-refractivity contribution in [3.05, 3.63) is 12.7 Å². The maximum Gasteiger partial charge on any atom is 0.327 e. The van der Waals surface area contributed by atoms with Gasteiger partial charge >= 0.3 is 5.97 Å². The maximum atomic E-state index is 9.25. The number of carbonyl (C=O) groups is 1. The standard InChI is InChI=1S/2C3H9N.C3H4O2.H2O/c2*1-4(2)3;1-2-3(4)5;/h2*1-3H3;2H,1H2,(H,4,5);1H2. The lowest BCUT2D eigenvalue weighted by molar-refractivity contribution is -0.131. The zero-order valence-electron chi connectivity index (χ0n) is 10.0. The van der Waals surface area contributed by atoms with Gasteiger partial charge in [-0.1, -0.05) is 6.58 Å². The third-order valence-electron chi connectivity index (χ3n) is 0.175. The molecule has 0 fully saturated rings. The summed E-state index contributed by atoms with van der Waals surface area (Å²) in [6, 6.07) is 0. The quantitative estimate of drug-likeness (QED) is 0.605. The molecule has 0 unspecified atom stereocenters. The van der Waals surface area contributed by atoms with E-state index in [-0.39, 0.29) is 5.48 Å². The fraction of sp³-hybridized carbons (Fsp3) is 0.667. The molecule has 0 aromatic carbocycles. The second-order valence-electron chi connectivity index (χ2n) is 3.23. The number of carboxylic acid groups (broad SMARTS) is 1. The molecule has 0 heterocycles. The normalized spacial score (nSPS) is 7.43. The fourth-order valence-corrected chi connectivity index (χ4v) is 0. The van der Waals surface area contributed by atoms with Crippen molar-refractivity contribution in [1.82, 2.24) is 9.80 Å². The van der Waals surface area contributed by atoms with E-state index in [1.807, 2.05) is 52.1 Å². The summed E-state index contributed by atoms with van der Waals surface area (Å²) in [6.45, 7) is 2.96. The Morgan fingerprint density at radius 1 is 1.07 bits per heavy atom. The monoisotopic (exact) mass is 208 g/mol. The van der Waals surface area contributed by atoms with Gasteiger partial charge in [0, 0.05) is 6.08 Å². The summed E-state index contributed by atoms with van der Waals surface area (Å²) in [7, 11) is 12.0. The van der Waals surface area contributed by atoms with Crippen molar-refractivity contribution in [3.8, 4) is 0 Å². The van der Waals surface area contributed by atoms with Crippen molar-refractivity contribution in [2.75, 3.05) is 42.3 Å². The van der Waals surface area contributed by atoms with E-state index in [1.54, 1.807) is 0 Å². The van der Waals surface area contributed by atoms with E-state index >= 15 is 0 Å². The molecule has 0 saturated heterocycles. The number of hydrogen-bond acceptors (Lipinski definition) is 3. The lowest BCUT2D eigenvalue weighted by Gasteiger charge is -1.90. The van der Waals surface area contributed by atoms with Crippen molar-refractivity contribution in [1.29, 1.82) is 0 Å². The van der Waals surface area contributed by atoms with Gasteiger partial charge in [-0.05, 0) is 42.3 Å². The Morgan fingerprint density at radius 3 is 1.14 bits per heavy atom. The molecule has 0 saturated carbocycles. The number of aliphatic carboxylic acids is 1. The summed E-state index contributed by atoms with van der Waals surface area (Å²) < 4.78 is 0. The van der Waals surface area contributed by atoms with Crippen LogP contribution < -0.4 is 0 Å². The zero-order chi connectivity index (χ0) is 11.4. The van der Waals surface area contributed by atoms with Crippen molar-refractivity contribution < 1.29 is 15.4 Å². The highest BCUT2D eigenvalue weighted by Crippen LogP contribution is 1.54. The van der Waals surface area contributed by atoms with E-state index in [0.717, 1.165) is 6.08 Å². The second kappa shape index (κ2) is 18.0. The molecule has 0 bridgehead atoms. The number of carboxylic acids is 1. The first-order chi connectivity index (χ1) is 5.73. The van der Waals surface area contributed by atoms with Gasteiger partial charge in [-0.25, -0.2) is 4.79 Å². The molecule has 3 N–H and O–H groups in total. The highest BCUT2D eigenvalue weighted by atomic mass is 16.4. The van der Waals surface area contributed by atoms with Crippen molar-refractivity contribution in [3.63, 3.8) is 0 Å². The fourth-order valence-electron chi connectivity index (χ4n) is 0. The first-order valence-electron chi connectivity index (χ1n) is 3.81. The Morgan fingerprint density at radius 2 is 1.14 bits per heavy atom. The summed E-state index contributed by atoms with van der Waals surface area (Å²) >= 11 is 0. The molecule has 5 nitrogen and oxygen atoms in total. The van der Waals surface area contributed by atoms with Crippen LogP contribution in [0.1, 0.15) is 0 Å². The maximum absolute atomic E-state index is 9.25. The Kier molecular flexibility index (Phi) is 29.8. The van der Waals surface area contributed by atoms with Gasteiger partial charge in [0.1, 0.15) is 0 Å². The van der Waals surface area contributed by atoms with E-state index in [0.29, 0.717) is 0 Å². The molecule has 0 aromatic rings. The van der Waals surface area contributed by atoms with Crippen LogP contribution >= 0.6 is 0 Å². The molecule has 0 aliphatic heterocycles. The van der Waals surface area contributed by atoms with E-state index in [4.69, 9.17) is 5.11 Å². The van der Waals surface area contributed by atoms with Crippen LogP contribution in [0.4, 0.5) is 0 Å². The zero-order valence-corrected chi connectivity index (χ0v) is 10.0. The van der Waals surface area contributed by atoms with Crippen LogP contribution in [-0.2, 0) is 4.79 Å². The molecular weight excluding hydrogens is 184 g/mol. The van der Waals surface area contributed by atoms with E-state index in [1.165, 1.54) is 0 Å². The SMILES string of the molecule is C=CC(=O)O.CN(C)C.CN(C)C.O. The van der Waals surface area contributed by atoms with Crippen molar-refractivity contribution >= 4 is 5.97 Å². The smallest absolute Gasteiger partial charge is 0.327 e.